The molecule has 1 aromatic heterocycles. The van der Waals surface area contributed by atoms with E-state index in [1.807, 2.05) is 18.2 Å². The largest absolute Gasteiger partial charge is 0.497 e. The minimum atomic E-state index is 0.315. The van der Waals surface area contributed by atoms with Crippen LogP contribution < -0.4 is 4.74 Å². The van der Waals surface area contributed by atoms with Crippen LogP contribution in [0.5, 0.6) is 5.75 Å². The van der Waals surface area contributed by atoms with Crippen molar-refractivity contribution in [3.8, 4) is 5.75 Å². The quantitative estimate of drug-likeness (QED) is 0.755. The highest BCUT2D eigenvalue weighted by Gasteiger charge is 2.08. The van der Waals surface area contributed by atoms with E-state index >= 15 is 0 Å². The third-order valence-corrected chi connectivity index (χ3v) is 4.44. The lowest BCUT2D eigenvalue weighted by Gasteiger charge is -2.07. The Morgan fingerprint density at radius 2 is 1.31 bits per heavy atom. The van der Waals surface area contributed by atoms with Gasteiger partial charge in [-0.25, -0.2) is 9.97 Å². The van der Waals surface area contributed by atoms with E-state index < -0.39 is 0 Å². The molecule has 0 N–H and O–H groups in total. The molecule has 1 heterocycles. The molecule has 0 spiro atoms. The van der Waals surface area contributed by atoms with Gasteiger partial charge in [-0.2, -0.15) is 0 Å². The van der Waals surface area contributed by atoms with Gasteiger partial charge in [-0.1, -0.05) is 60.8 Å². The average Bonchev–Trinajstić information content (AvgIpc) is 3.37. The zero-order chi connectivity index (χ0) is 17.8. The Morgan fingerprint density at radius 1 is 0.769 bits per heavy atom. The summed E-state index contributed by atoms with van der Waals surface area (Å²) in [5.74, 6) is 1.42. The molecule has 0 unspecified atom stereocenters. The predicted octanol–water partition coefficient (Wildman–Crippen LogP) is 5.15. The first-order valence-corrected chi connectivity index (χ1v) is 8.74. The van der Waals surface area contributed by atoms with Crippen LogP contribution in [0.25, 0.3) is 23.2 Å². The Hall–Kier alpha value is -3.20. The molecular formula is C23H20N2O. The van der Waals surface area contributed by atoms with Crippen molar-refractivity contribution in [2.75, 3.05) is 7.11 Å². The highest BCUT2D eigenvalue weighted by molar-refractivity contribution is 5.79. The highest BCUT2D eigenvalue weighted by atomic mass is 16.5. The number of hydrogen-bond donors (Lipinski definition) is 0. The minimum absolute atomic E-state index is 0.315. The summed E-state index contributed by atoms with van der Waals surface area (Å²) >= 11 is 0. The van der Waals surface area contributed by atoms with E-state index in [-0.39, 0.29) is 0 Å². The fourth-order valence-electron chi connectivity index (χ4n) is 2.99. The van der Waals surface area contributed by atoms with Crippen LogP contribution in [-0.2, 0) is 0 Å². The molecule has 0 saturated carbocycles. The van der Waals surface area contributed by atoms with Crippen LogP contribution in [0.2, 0.25) is 0 Å². The van der Waals surface area contributed by atoms with Crippen LogP contribution >= 0.6 is 0 Å². The molecule has 0 bridgehead atoms. The minimum Gasteiger partial charge on any atom is -0.497 e. The molecule has 0 radical (unpaired) electrons. The fraction of sp³-hybridized carbons (Fsp3) is 0.130. The lowest BCUT2D eigenvalue weighted by atomic mass is 10.1. The molecule has 128 valence electrons. The maximum absolute atomic E-state index is 5.32. The first kappa shape index (κ1) is 16.3. The molecule has 2 aliphatic rings. The van der Waals surface area contributed by atoms with Crippen LogP contribution in [0.4, 0.5) is 0 Å². The van der Waals surface area contributed by atoms with Crippen molar-refractivity contribution >= 4 is 23.2 Å². The number of hydrogen-bond acceptors (Lipinski definition) is 3. The number of benzene rings is 1. The summed E-state index contributed by atoms with van der Waals surface area (Å²) in [5.41, 5.74) is 3.43. The van der Waals surface area contributed by atoms with Crippen LogP contribution in [0.1, 0.15) is 11.4 Å². The van der Waals surface area contributed by atoms with Gasteiger partial charge in [0.05, 0.1) is 29.5 Å². The lowest BCUT2D eigenvalue weighted by molar-refractivity contribution is 0.415. The van der Waals surface area contributed by atoms with Gasteiger partial charge in [-0.05, 0) is 24.3 Å². The van der Waals surface area contributed by atoms with Crippen molar-refractivity contribution < 1.29 is 4.74 Å². The van der Waals surface area contributed by atoms with Crippen molar-refractivity contribution in [2.24, 2.45) is 11.8 Å². The van der Waals surface area contributed by atoms with Gasteiger partial charge in [-0.3, -0.25) is 0 Å². The molecule has 2 aromatic rings. The number of fused-ring (bicyclic) bond motifs is 1. The Morgan fingerprint density at radius 3 is 1.85 bits per heavy atom. The van der Waals surface area contributed by atoms with Crippen molar-refractivity contribution in [3.63, 3.8) is 0 Å². The van der Waals surface area contributed by atoms with Crippen LogP contribution in [-0.4, -0.2) is 17.1 Å². The summed E-state index contributed by atoms with van der Waals surface area (Å²) in [6.07, 6.45) is 25.2. The standard InChI is InChI=1S/C23H20N2O/c1-26-19-12-15-22-23(16-19)25-21(14-11-18-8-4-5-9-18)20(24-22)13-10-17-6-2-3-7-17/h2-18H,1H3/b13-10+,14-11+. The van der Waals surface area contributed by atoms with E-state index in [2.05, 4.69) is 72.9 Å². The lowest BCUT2D eigenvalue weighted by Crippen LogP contribution is -1.96. The van der Waals surface area contributed by atoms with Gasteiger partial charge in [0.25, 0.3) is 0 Å². The molecule has 3 nitrogen and oxygen atoms in total. The third kappa shape index (κ3) is 3.57. The van der Waals surface area contributed by atoms with Crippen molar-refractivity contribution in [1.29, 1.82) is 0 Å². The maximum Gasteiger partial charge on any atom is 0.121 e. The van der Waals surface area contributed by atoms with E-state index in [0.29, 0.717) is 11.8 Å². The summed E-state index contributed by atoms with van der Waals surface area (Å²) in [6.45, 7) is 0. The molecule has 0 atom stereocenters. The van der Waals surface area contributed by atoms with Crippen molar-refractivity contribution in [1.82, 2.24) is 9.97 Å². The average molecular weight is 340 g/mol. The molecular weight excluding hydrogens is 320 g/mol. The summed E-state index contributed by atoms with van der Waals surface area (Å²) in [5, 5.41) is 0. The SMILES string of the molecule is COc1ccc2nc(/C=C/C3C=CC=C3)c(/C=C/C3C=CC=C3)nc2c1. The zero-order valence-electron chi connectivity index (χ0n) is 14.6. The van der Waals surface area contributed by atoms with Crippen LogP contribution in [0.15, 0.2) is 79.0 Å². The number of methoxy groups -OCH3 is 1. The summed E-state index contributed by atoms with van der Waals surface area (Å²) in [4.78, 5) is 9.64. The number of rotatable bonds is 5. The first-order chi connectivity index (χ1) is 12.8. The Kier molecular flexibility index (Phi) is 4.61. The number of aromatic nitrogens is 2. The van der Waals surface area contributed by atoms with E-state index in [0.717, 1.165) is 28.2 Å². The second-order valence-corrected chi connectivity index (χ2v) is 6.26. The first-order valence-electron chi connectivity index (χ1n) is 8.74. The van der Waals surface area contributed by atoms with Gasteiger partial charge < -0.3 is 4.74 Å². The predicted molar refractivity (Wildman–Crippen MR) is 108 cm³/mol. The molecule has 2 aliphatic carbocycles. The number of allylic oxidation sites excluding steroid dienone is 10. The highest BCUT2D eigenvalue weighted by Crippen LogP contribution is 2.22. The number of ether oxygens (including phenoxy) is 1. The summed E-state index contributed by atoms with van der Waals surface area (Å²) < 4.78 is 5.32. The fourth-order valence-corrected chi connectivity index (χ4v) is 2.99. The van der Waals surface area contributed by atoms with E-state index in [1.165, 1.54) is 0 Å². The molecule has 1 aromatic carbocycles. The maximum atomic E-state index is 5.32. The number of nitrogens with zero attached hydrogens (tertiary/aromatic N) is 2. The monoisotopic (exact) mass is 340 g/mol. The van der Waals surface area contributed by atoms with Gasteiger partial charge in [0, 0.05) is 17.9 Å². The molecule has 4 rings (SSSR count). The molecule has 0 fully saturated rings. The Labute approximate surface area is 153 Å². The summed E-state index contributed by atoms with van der Waals surface area (Å²) in [7, 11) is 1.66. The Bertz CT molecular complexity index is 969. The topological polar surface area (TPSA) is 35.0 Å². The van der Waals surface area contributed by atoms with Gasteiger partial charge in [0.15, 0.2) is 0 Å². The van der Waals surface area contributed by atoms with Crippen molar-refractivity contribution in [3.05, 3.63) is 90.3 Å². The molecule has 0 aliphatic heterocycles. The van der Waals surface area contributed by atoms with Crippen molar-refractivity contribution in [2.45, 2.75) is 0 Å². The van der Waals surface area contributed by atoms with Gasteiger partial charge in [0.2, 0.25) is 0 Å². The van der Waals surface area contributed by atoms with Gasteiger partial charge in [0.1, 0.15) is 5.75 Å². The third-order valence-electron chi connectivity index (χ3n) is 4.44. The molecule has 3 heteroatoms. The van der Waals surface area contributed by atoms with Gasteiger partial charge >= 0.3 is 0 Å². The molecule has 0 amide bonds. The second kappa shape index (κ2) is 7.36. The van der Waals surface area contributed by atoms with Crippen LogP contribution in [0.3, 0.4) is 0 Å². The molecule has 26 heavy (non-hydrogen) atoms. The normalized spacial score (nSPS) is 17.0. The smallest absolute Gasteiger partial charge is 0.121 e. The second-order valence-electron chi connectivity index (χ2n) is 6.26. The van der Waals surface area contributed by atoms with E-state index in [4.69, 9.17) is 14.7 Å². The molecule has 0 saturated heterocycles. The summed E-state index contributed by atoms with van der Waals surface area (Å²) in [6, 6.07) is 5.78. The Balaban J connectivity index is 1.74. The van der Waals surface area contributed by atoms with E-state index in [9.17, 15) is 0 Å². The van der Waals surface area contributed by atoms with Crippen LogP contribution in [0, 0.1) is 11.8 Å². The van der Waals surface area contributed by atoms with E-state index in [1.54, 1.807) is 7.11 Å². The van der Waals surface area contributed by atoms with Gasteiger partial charge in [-0.15, -0.1) is 0 Å². The zero-order valence-corrected chi connectivity index (χ0v) is 14.6.